The third-order valence-electron chi connectivity index (χ3n) is 1.51. The second-order valence-electron chi connectivity index (χ2n) is 2.84. The van der Waals surface area contributed by atoms with Gasteiger partial charge in [0, 0.05) is 0 Å². The SMILES string of the molecule is OCC(F)(OC(F)(F)C(F)(F)CF)C(F)(F)F. The molecule has 0 aliphatic carbocycles. The van der Waals surface area contributed by atoms with Crippen LogP contribution in [0.1, 0.15) is 0 Å². The standard InChI is InChI=1S/C6H5F9O2/c7-1-3(8,9)6(14,15)17-4(10,2-16)5(11,12)13/h16H,1-2H2. The Morgan fingerprint density at radius 2 is 1.29 bits per heavy atom. The lowest BCUT2D eigenvalue weighted by molar-refractivity contribution is -0.455. The first-order valence-electron chi connectivity index (χ1n) is 3.71. The van der Waals surface area contributed by atoms with Crippen molar-refractivity contribution in [3.8, 4) is 0 Å². The van der Waals surface area contributed by atoms with Gasteiger partial charge in [-0.1, -0.05) is 0 Å². The van der Waals surface area contributed by atoms with Gasteiger partial charge in [-0.05, 0) is 0 Å². The molecule has 1 N–H and O–H groups in total. The Morgan fingerprint density at radius 3 is 1.53 bits per heavy atom. The van der Waals surface area contributed by atoms with Gasteiger partial charge in [0.2, 0.25) is 0 Å². The first kappa shape index (κ1) is 16.3. The smallest absolute Gasteiger partial charge is 0.390 e. The zero-order chi connectivity index (χ0) is 14.1. The maximum Gasteiger partial charge on any atom is 0.451 e. The molecule has 0 fully saturated rings. The van der Waals surface area contributed by atoms with Crippen LogP contribution in [0.4, 0.5) is 39.5 Å². The lowest BCUT2D eigenvalue weighted by Gasteiger charge is -2.32. The Bertz CT molecular complexity index is 263. The number of aliphatic hydroxyl groups excluding tert-OH is 1. The van der Waals surface area contributed by atoms with E-state index in [1.165, 1.54) is 0 Å². The van der Waals surface area contributed by atoms with Crippen LogP contribution in [0.3, 0.4) is 0 Å². The molecule has 0 radical (unpaired) electrons. The van der Waals surface area contributed by atoms with Gasteiger partial charge in [0.25, 0.3) is 0 Å². The molecule has 0 spiro atoms. The number of hydrogen-bond donors (Lipinski definition) is 1. The minimum Gasteiger partial charge on any atom is -0.390 e. The van der Waals surface area contributed by atoms with Gasteiger partial charge in [0.15, 0.2) is 6.67 Å². The van der Waals surface area contributed by atoms with Crippen LogP contribution < -0.4 is 0 Å². The molecule has 0 heterocycles. The highest BCUT2D eigenvalue weighted by molar-refractivity contribution is 4.84. The highest BCUT2D eigenvalue weighted by Crippen LogP contribution is 2.44. The second-order valence-corrected chi connectivity index (χ2v) is 2.84. The molecule has 0 aromatic rings. The maximum atomic E-state index is 12.7. The number of halogens is 9. The fraction of sp³-hybridized carbons (Fsp3) is 1.00. The van der Waals surface area contributed by atoms with E-state index in [0.29, 0.717) is 0 Å². The van der Waals surface area contributed by atoms with Gasteiger partial charge in [-0.3, -0.25) is 4.74 Å². The van der Waals surface area contributed by atoms with Crippen molar-refractivity contribution >= 4 is 0 Å². The summed E-state index contributed by atoms with van der Waals surface area (Å²) in [6, 6.07) is 0. The molecule has 0 rings (SSSR count). The summed E-state index contributed by atoms with van der Waals surface area (Å²) >= 11 is 0. The number of aliphatic hydroxyl groups is 1. The van der Waals surface area contributed by atoms with Crippen LogP contribution >= 0.6 is 0 Å². The Kier molecular flexibility index (Phi) is 4.33. The highest BCUT2D eigenvalue weighted by Gasteiger charge is 2.68. The quantitative estimate of drug-likeness (QED) is 0.784. The molecule has 0 saturated heterocycles. The fourth-order valence-electron chi connectivity index (χ4n) is 0.535. The summed E-state index contributed by atoms with van der Waals surface area (Å²) in [5, 5.41) is 7.93. The first-order valence-corrected chi connectivity index (χ1v) is 3.71. The van der Waals surface area contributed by atoms with Crippen LogP contribution in [0.15, 0.2) is 0 Å². The van der Waals surface area contributed by atoms with Crippen molar-refractivity contribution in [2.24, 2.45) is 0 Å². The molecule has 17 heavy (non-hydrogen) atoms. The van der Waals surface area contributed by atoms with E-state index in [-0.39, 0.29) is 0 Å². The van der Waals surface area contributed by atoms with Crippen molar-refractivity contribution in [2.75, 3.05) is 13.3 Å². The number of hydrogen-bond acceptors (Lipinski definition) is 2. The number of rotatable bonds is 5. The summed E-state index contributed by atoms with van der Waals surface area (Å²) < 4.78 is 111. The molecule has 2 nitrogen and oxygen atoms in total. The van der Waals surface area contributed by atoms with Crippen molar-refractivity contribution in [2.45, 2.75) is 24.1 Å². The molecule has 11 heteroatoms. The van der Waals surface area contributed by atoms with Crippen molar-refractivity contribution in [3.05, 3.63) is 0 Å². The molecule has 0 amide bonds. The predicted octanol–water partition coefficient (Wildman–Crippen LogP) is 2.42. The molecule has 0 aromatic heterocycles. The van der Waals surface area contributed by atoms with Crippen LogP contribution in [-0.4, -0.2) is 42.5 Å². The summed E-state index contributed by atoms with van der Waals surface area (Å²) in [4.78, 5) is 0. The topological polar surface area (TPSA) is 29.5 Å². The van der Waals surface area contributed by atoms with E-state index < -0.39 is 37.3 Å². The predicted molar refractivity (Wildman–Crippen MR) is 33.9 cm³/mol. The molecular formula is C6H5F9O2. The van der Waals surface area contributed by atoms with Crippen LogP contribution in [0, 0.1) is 0 Å². The van der Waals surface area contributed by atoms with Gasteiger partial charge in [-0.15, -0.1) is 0 Å². The van der Waals surface area contributed by atoms with Crippen LogP contribution in [0.25, 0.3) is 0 Å². The molecule has 0 aromatic carbocycles. The Morgan fingerprint density at radius 1 is 0.882 bits per heavy atom. The minimum atomic E-state index is -6.20. The summed E-state index contributed by atoms with van der Waals surface area (Å²) in [6.45, 7) is -5.76. The third-order valence-corrected chi connectivity index (χ3v) is 1.51. The van der Waals surface area contributed by atoms with E-state index >= 15 is 0 Å². The normalized spacial score (nSPS) is 18.0. The average molecular weight is 280 g/mol. The molecule has 0 aliphatic rings. The van der Waals surface area contributed by atoms with Gasteiger partial charge in [0.1, 0.15) is 6.61 Å². The van der Waals surface area contributed by atoms with Gasteiger partial charge < -0.3 is 5.11 Å². The summed E-state index contributed by atoms with van der Waals surface area (Å²) in [6.07, 6.45) is -12.3. The van der Waals surface area contributed by atoms with Crippen LogP contribution in [-0.2, 0) is 4.74 Å². The first-order chi connectivity index (χ1) is 7.33. The molecule has 0 saturated carbocycles. The number of alkyl halides is 9. The Labute approximate surface area is 88.0 Å². The summed E-state index contributed by atoms with van der Waals surface area (Å²) in [5.41, 5.74) is 0. The van der Waals surface area contributed by atoms with Crippen molar-refractivity contribution in [3.63, 3.8) is 0 Å². The second kappa shape index (κ2) is 4.52. The van der Waals surface area contributed by atoms with E-state index in [0.717, 1.165) is 0 Å². The summed E-state index contributed by atoms with van der Waals surface area (Å²) in [7, 11) is 0. The highest BCUT2D eigenvalue weighted by atomic mass is 19.4. The van der Waals surface area contributed by atoms with Gasteiger partial charge in [0.05, 0.1) is 0 Å². The van der Waals surface area contributed by atoms with E-state index in [2.05, 4.69) is 4.74 Å². The van der Waals surface area contributed by atoms with Crippen LogP contribution in [0.5, 0.6) is 0 Å². The Hall–Kier alpha value is -0.710. The van der Waals surface area contributed by atoms with E-state index in [4.69, 9.17) is 5.11 Å². The third kappa shape index (κ3) is 3.15. The lowest BCUT2D eigenvalue weighted by Crippen LogP contribution is -2.56. The maximum absolute atomic E-state index is 12.7. The number of ether oxygens (including phenoxy) is 1. The van der Waals surface area contributed by atoms with Gasteiger partial charge in [-0.25, -0.2) is 4.39 Å². The van der Waals surface area contributed by atoms with E-state index in [9.17, 15) is 39.5 Å². The van der Waals surface area contributed by atoms with Gasteiger partial charge >= 0.3 is 24.1 Å². The zero-order valence-electron chi connectivity index (χ0n) is 7.67. The molecule has 1 atom stereocenters. The minimum absolute atomic E-state index is 2.23. The molecular weight excluding hydrogens is 275 g/mol. The zero-order valence-corrected chi connectivity index (χ0v) is 7.67. The van der Waals surface area contributed by atoms with E-state index in [1.54, 1.807) is 0 Å². The monoisotopic (exact) mass is 280 g/mol. The largest absolute Gasteiger partial charge is 0.451 e. The van der Waals surface area contributed by atoms with E-state index in [1.807, 2.05) is 0 Å². The molecule has 1 unspecified atom stereocenters. The lowest BCUT2D eigenvalue weighted by atomic mass is 10.3. The Balaban J connectivity index is 5.17. The summed E-state index contributed by atoms with van der Waals surface area (Å²) in [5.74, 6) is -11.1. The van der Waals surface area contributed by atoms with Crippen molar-refractivity contribution in [1.82, 2.24) is 0 Å². The van der Waals surface area contributed by atoms with Crippen molar-refractivity contribution < 1.29 is 49.4 Å². The fourth-order valence-corrected chi connectivity index (χ4v) is 0.535. The molecule has 0 bridgehead atoms. The average Bonchev–Trinajstić information content (AvgIpc) is 2.14. The molecule has 104 valence electrons. The van der Waals surface area contributed by atoms with Crippen molar-refractivity contribution in [1.29, 1.82) is 0 Å². The molecule has 0 aliphatic heterocycles. The van der Waals surface area contributed by atoms with Crippen LogP contribution in [0.2, 0.25) is 0 Å². The van der Waals surface area contributed by atoms with Gasteiger partial charge in [-0.2, -0.15) is 35.1 Å².